The van der Waals surface area contributed by atoms with Gasteiger partial charge in [-0.3, -0.25) is 0 Å². The number of hydrogen-bond acceptors (Lipinski definition) is 3. The second-order valence-corrected chi connectivity index (χ2v) is 3.15. The van der Waals surface area contributed by atoms with Crippen LogP contribution in [-0.4, -0.2) is 6.61 Å². The van der Waals surface area contributed by atoms with E-state index in [1.807, 2.05) is 12.1 Å². The molecule has 2 rings (SSSR count). The maximum atomic E-state index is 8.68. The van der Waals surface area contributed by atoms with E-state index in [0.717, 1.165) is 11.1 Å². The second-order valence-electron chi connectivity index (χ2n) is 3.15. The first-order valence-corrected chi connectivity index (χ1v) is 4.17. The molecule has 0 bridgehead atoms. The second kappa shape index (κ2) is 3.17. The summed E-state index contributed by atoms with van der Waals surface area (Å²) >= 11 is 0. The summed E-state index contributed by atoms with van der Waals surface area (Å²) in [6.45, 7) is 1.14. The van der Waals surface area contributed by atoms with Crippen LogP contribution in [0.25, 0.3) is 0 Å². The van der Waals surface area contributed by atoms with Crippen LogP contribution >= 0.6 is 0 Å². The highest BCUT2D eigenvalue weighted by Gasteiger charge is 2.16. The molecule has 1 aliphatic heterocycles. The zero-order chi connectivity index (χ0) is 9.26. The van der Waals surface area contributed by atoms with Gasteiger partial charge in [-0.15, -0.1) is 0 Å². The van der Waals surface area contributed by atoms with E-state index in [-0.39, 0.29) is 6.04 Å². The summed E-state index contributed by atoms with van der Waals surface area (Å²) in [5, 5.41) is 8.68. The van der Waals surface area contributed by atoms with E-state index in [9.17, 15) is 0 Å². The Labute approximate surface area is 76.7 Å². The van der Waals surface area contributed by atoms with Gasteiger partial charge in [0.05, 0.1) is 30.9 Å². The van der Waals surface area contributed by atoms with Crippen molar-refractivity contribution in [3.8, 4) is 6.07 Å². The lowest BCUT2D eigenvalue weighted by Gasteiger charge is -2.22. The van der Waals surface area contributed by atoms with Crippen molar-refractivity contribution in [3.05, 3.63) is 34.9 Å². The molecular formula is C10H10N2O. The summed E-state index contributed by atoms with van der Waals surface area (Å²) < 4.78 is 5.27. The van der Waals surface area contributed by atoms with E-state index in [0.29, 0.717) is 18.8 Å². The summed E-state index contributed by atoms with van der Waals surface area (Å²) in [7, 11) is 0. The third kappa shape index (κ3) is 1.42. The number of hydrogen-bond donors (Lipinski definition) is 1. The van der Waals surface area contributed by atoms with Gasteiger partial charge < -0.3 is 10.5 Å². The zero-order valence-electron chi connectivity index (χ0n) is 7.16. The van der Waals surface area contributed by atoms with E-state index < -0.39 is 0 Å². The third-order valence-corrected chi connectivity index (χ3v) is 2.23. The Balaban J connectivity index is 2.47. The largest absolute Gasteiger partial charge is 0.375 e. The van der Waals surface area contributed by atoms with Gasteiger partial charge in [0.25, 0.3) is 0 Å². The van der Waals surface area contributed by atoms with Crippen molar-refractivity contribution >= 4 is 0 Å². The van der Waals surface area contributed by atoms with Crippen molar-refractivity contribution in [2.45, 2.75) is 12.6 Å². The molecule has 0 aromatic heterocycles. The molecule has 1 aromatic carbocycles. The van der Waals surface area contributed by atoms with Gasteiger partial charge in [-0.05, 0) is 23.3 Å². The minimum Gasteiger partial charge on any atom is -0.375 e. The Morgan fingerprint density at radius 1 is 1.54 bits per heavy atom. The highest BCUT2D eigenvalue weighted by molar-refractivity contribution is 5.40. The molecule has 1 aromatic rings. The van der Waals surface area contributed by atoms with Crippen LogP contribution in [0.5, 0.6) is 0 Å². The number of benzene rings is 1. The minimum absolute atomic E-state index is 0.0449. The van der Waals surface area contributed by atoms with Crippen LogP contribution in [0.4, 0.5) is 0 Å². The number of rotatable bonds is 0. The van der Waals surface area contributed by atoms with Gasteiger partial charge in [0.15, 0.2) is 0 Å². The van der Waals surface area contributed by atoms with E-state index >= 15 is 0 Å². The first-order chi connectivity index (χ1) is 6.31. The molecule has 2 N–H and O–H groups in total. The molecule has 0 fully saturated rings. The van der Waals surface area contributed by atoms with E-state index in [1.54, 1.807) is 6.07 Å². The normalized spacial score (nSPS) is 20.5. The summed E-state index contributed by atoms with van der Waals surface area (Å²) in [6.07, 6.45) is 0. The molecule has 0 unspecified atom stereocenters. The molecule has 0 spiro atoms. The SMILES string of the molecule is N#Cc1ccc2c(c1)COC[C@H]2N. The topological polar surface area (TPSA) is 59.0 Å². The fraction of sp³-hybridized carbons (Fsp3) is 0.300. The molecule has 3 heteroatoms. The molecule has 1 aliphatic rings. The molecule has 13 heavy (non-hydrogen) atoms. The van der Waals surface area contributed by atoms with Crippen molar-refractivity contribution in [1.82, 2.24) is 0 Å². The number of nitrogens with zero attached hydrogens (tertiary/aromatic N) is 1. The Hall–Kier alpha value is -1.37. The molecule has 3 nitrogen and oxygen atoms in total. The molecule has 0 aliphatic carbocycles. The predicted molar refractivity (Wildman–Crippen MR) is 47.7 cm³/mol. The highest BCUT2D eigenvalue weighted by Crippen LogP contribution is 2.23. The van der Waals surface area contributed by atoms with Gasteiger partial charge in [0.1, 0.15) is 0 Å². The van der Waals surface area contributed by atoms with Gasteiger partial charge in [0.2, 0.25) is 0 Å². The molecule has 0 saturated heterocycles. The quantitative estimate of drug-likeness (QED) is 0.640. The average molecular weight is 174 g/mol. The van der Waals surface area contributed by atoms with Crippen LogP contribution in [0.3, 0.4) is 0 Å². The maximum Gasteiger partial charge on any atom is 0.0991 e. The number of fused-ring (bicyclic) bond motifs is 1. The van der Waals surface area contributed by atoms with Gasteiger partial charge in [0, 0.05) is 0 Å². The standard InChI is InChI=1S/C10H10N2O/c11-4-7-1-2-9-8(3-7)5-13-6-10(9)12/h1-3,10H,5-6,12H2/t10-/m1/s1. The molecule has 0 amide bonds. The Bertz CT molecular complexity index is 368. The highest BCUT2D eigenvalue weighted by atomic mass is 16.5. The fourth-order valence-corrected chi connectivity index (χ4v) is 1.55. The third-order valence-electron chi connectivity index (χ3n) is 2.23. The molecular weight excluding hydrogens is 164 g/mol. The lowest BCUT2D eigenvalue weighted by Crippen LogP contribution is -2.23. The summed E-state index contributed by atoms with van der Waals surface area (Å²) in [5.74, 6) is 0. The van der Waals surface area contributed by atoms with Crippen molar-refractivity contribution in [1.29, 1.82) is 5.26 Å². The lowest BCUT2D eigenvalue weighted by atomic mass is 9.98. The predicted octanol–water partition coefficient (Wildman–Crippen LogP) is 1.09. The summed E-state index contributed by atoms with van der Waals surface area (Å²) in [4.78, 5) is 0. The number of ether oxygens (including phenoxy) is 1. The van der Waals surface area contributed by atoms with Gasteiger partial charge in [-0.25, -0.2) is 0 Å². The molecule has 66 valence electrons. The van der Waals surface area contributed by atoms with Crippen LogP contribution < -0.4 is 5.73 Å². The van der Waals surface area contributed by atoms with Crippen LogP contribution in [0.1, 0.15) is 22.7 Å². The average Bonchev–Trinajstić information content (AvgIpc) is 2.18. The fourth-order valence-electron chi connectivity index (χ4n) is 1.55. The Morgan fingerprint density at radius 2 is 2.38 bits per heavy atom. The van der Waals surface area contributed by atoms with Crippen LogP contribution in [0, 0.1) is 11.3 Å². The van der Waals surface area contributed by atoms with Crippen molar-refractivity contribution in [2.24, 2.45) is 5.73 Å². The van der Waals surface area contributed by atoms with Gasteiger partial charge in [-0.2, -0.15) is 5.26 Å². The smallest absolute Gasteiger partial charge is 0.0991 e. The number of nitriles is 1. The monoisotopic (exact) mass is 174 g/mol. The summed E-state index contributed by atoms with van der Waals surface area (Å²) in [5.41, 5.74) is 8.64. The van der Waals surface area contributed by atoms with Crippen LogP contribution in [0.2, 0.25) is 0 Å². The van der Waals surface area contributed by atoms with E-state index in [2.05, 4.69) is 6.07 Å². The maximum absolute atomic E-state index is 8.68. The van der Waals surface area contributed by atoms with Crippen LogP contribution in [-0.2, 0) is 11.3 Å². The first kappa shape index (κ1) is 8.24. The van der Waals surface area contributed by atoms with Gasteiger partial charge >= 0.3 is 0 Å². The number of nitrogens with two attached hydrogens (primary N) is 1. The molecule has 0 radical (unpaired) electrons. The van der Waals surface area contributed by atoms with E-state index in [4.69, 9.17) is 15.7 Å². The minimum atomic E-state index is -0.0449. The van der Waals surface area contributed by atoms with Crippen molar-refractivity contribution in [2.75, 3.05) is 6.61 Å². The lowest BCUT2D eigenvalue weighted by molar-refractivity contribution is 0.0924. The Morgan fingerprint density at radius 3 is 3.15 bits per heavy atom. The Kier molecular flexibility index (Phi) is 2.01. The van der Waals surface area contributed by atoms with Crippen LogP contribution in [0.15, 0.2) is 18.2 Å². The summed E-state index contributed by atoms with van der Waals surface area (Å²) in [6, 6.07) is 7.61. The molecule has 1 heterocycles. The zero-order valence-corrected chi connectivity index (χ0v) is 7.16. The van der Waals surface area contributed by atoms with Crippen molar-refractivity contribution in [3.63, 3.8) is 0 Å². The van der Waals surface area contributed by atoms with Gasteiger partial charge in [-0.1, -0.05) is 6.07 Å². The van der Waals surface area contributed by atoms with E-state index in [1.165, 1.54) is 0 Å². The van der Waals surface area contributed by atoms with Crippen molar-refractivity contribution < 1.29 is 4.74 Å². The molecule has 0 saturated carbocycles. The molecule has 1 atom stereocenters. The first-order valence-electron chi connectivity index (χ1n) is 4.17.